The van der Waals surface area contributed by atoms with Crippen LogP contribution < -0.4 is 15.4 Å². The molecule has 39 heavy (non-hydrogen) atoms. The van der Waals surface area contributed by atoms with Crippen molar-refractivity contribution in [1.29, 1.82) is 0 Å². The zero-order chi connectivity index (χ0) is 27.2. The lowest BCUT2D eigenvalue weighted by Gasteiger charge is -2.57. The van der Waals surface area contributed by atoms with Gasteiger partial charge in [0.2, 0.25) is 10.0 Å². The zero-order valence-corrected chi connectivity index (χ0v) is 23.5. The van der Waals surface area contributed by atoms with Gasteiger partial charge in [-0.15, -0.1) is 0 Å². The normalized spacial score (nSPS) is 26.6. The number of benzene rings is 2. The summed E-state index contributed by atoms with van der Waals surface area (Å²) in [4.78, 5) is 11.9. The highest BCUT2D eigenvalue weighted by Gasteiger charge is 2.51. The molecular weight excluding hydrogens is 534 g/mol. The first-order valence-electron chi connectivity index (χ1n) is 13.9. The summed E-state index contributed by atoms with van der Waals surface area (Å²) in [6.07, 6.45) is 9.18. The Balaban J connectivity index is 1.01. The van der Waals surface area contributed by atoms with Crippen LogP contribution in [0.2, 0.25) is 0 Å². The highest BCUT2D eigenvalue weighted by Crippen LogP contribution is 2.55. The summed E-state index contributed by atoms with van der Waals surface area (Å²) in [6.45, 7) is 0.613. The minimum atomic E-state index is -4.04. The van der Waals surface area contributed by atoms with Crippen molar-refractivity contribution in [2.24, 2.45) is 17.8 Å². The second-order valence-corrected chi connectivity index (χ2v) is 14.0. The molecule has 1 aromatic heterocycles. The Hall–Kier alpha value is -2.69. The van der Waals surface area contributed by atoms with Crippen molar-refractivity contribution in [3.8, 4) is 0 Å². The number of rotatable bonds is 10. The van der Waals surface area contributed by atoms with E-state index in [0.717, 1.165) is 23.1 Å². The topological polar surface area (TPSA) is 121 Å². The third-order valence-corrected chi connectivity index (χ3v) is 10.6. The Bertz CT molecular complexity index is 1480. The molecule has 10 heteroatoms. The quantitative estimate of drug-likeness (QED) is 0.201. The van der Waals surface area contributed by atoms with Gasteiger partial charge in [-0.25, -0.2) is 8.42 Å². The van der Waals surface area contributed by atoms with E-state index in [4.69, 9.17) is 16.6 Å². The third kappa shape index (κ3) is 5.51. The number of hydrogen-bond donors (Lipinski definition) is 4. The molecule has 4 saturated carbocycles. The van der Waals surface area contributed by atoms with Gasteiger partial charge < -0.3 is 20.2 Å². The molecule has 0 amide bonds. The fourth-order valence-corrected chi connectivity index (χ4v) is 9.15. The van der Waals surface area contributed by atoms with E-state index < -0.39 is 22.0 Å². The molecule has 3 aromatic rings. The number of unbranched alkanes of at least 4 members (excludes halogenated alkanes) is 1. The fraction of sp³-hybridized carbons (Fsp3) is 0.517. The number of carboxylic acid groups (broad SMARTS) is 1. The Morgan fingerprint density at radius 1 is 1.00 bits per heavy atom. The van der Waals surface area contributed by atoms with E-state index in [0.29, 0.717) is 41.1 Å². The van der Waals surface area contributed by atoms with E-state index in [-0.39, 0.29) is 16.9 Å². The SMILES string of the molecule is O=C(O)C(CCCCNC(=S)NC12CC3CC(CC(C3)C1)C2)NS(=O)(=O)c1ccc2oc3ccccc3c2c1. The smallest absolute Gasteiger partial charge is 0.321 e. The maximum atomic E-state index is 13.1. The lowest BCUT2D eigenvalue weighted by molar-refractivity contribution is -0.139. The van der Waals surface area contributed by atoms with Gasteiger partial charge in [-0.05, 0) is 112 Å². The highest BCUT2D eigenvalue weighted by molar-refractivity contribution is 7.89. The maximum Gasteiger partial charge on any atom is 0.321 e. The van der Waals surface area contributed by atoms with Gasteiger partial charge in [0.05, 0.1) is 4.90 Å². The summed E-state index contributed by atoms with van der Waals surface area (Å²) in [6, 6.07) is 10.8. The predicted molar refractivity (Wildman–Crippen MR) is 154 cm³/mol. The van der Waals surface area contributed by atoms with E-state index in [2.05, 4.69) is 15.4 Å². The van der Waals surface area contributed by atoms with Crippen molar-refractivity contribution in [2.75, 3.05) is 6.54 Å². The number of carbonyl (C=O) groups is 1. The second-order valence-electron chi connectivity index (χ2n) is 11.8. The molecule has 0 spiro atoms. The van der Waals surface area contributed by atoms with Crippen LogP contribution in [0.3, 0.4) is 0 Å². The molecule has 208 valence electrons. The van der Waals surface area contributed by atoms with Gasteiger partial charge in [0.1, 0.15) is 17.2 Å². The van der Waals surface area contributed by atoms with Crippen molar-refractivity contribution in [1.82, 2.24) is 15.4 Å². The Morgan fingerprint density at radius 3 is 2.36 bits per heavy atom. The molecule has 1 atom stereocenters. The average molecular weight is 570 g/mol. The molecule has 0 aliphatic heterocycles. The van der Waals surface area contributed by atoms with Crippen molar-refractivity contribution in [3.63, 3.8) is 0 Å². The number of aliphatic carboxylic acids is 1. The van der Waals surface area contributed by atoms with E-state index >= 15 is 0 Å². The first kappa shape index (κ1) is 26.5. The largest absolute Gasteiger partial charge is 0.480 e. The standard InChI is InChI=1S/C29H35N3O5S2/c33-27(34)24(32-39(35,36)21-8-9-26-23(14-21)22-5-1-2-7-25(22)37-26)6-3-4-10-30-28(38)31-29-15-18-11-19(16-29)13-20(12-18)17-29/h1-2,5,7-9,14,18-20,24,32H,3-4,6,10-13,15-17H2,(H,33,34)(H2,30,31,38). The highest BCUT2D eigenvalue weighted by atomic mass is 32.2. The van der Waals surface area contributed by atoms with Gasteiger partial charge >= 0.3 is 5.97 Å². The summed E-state index contributed by atoms with van der Waals surface area (Å²) in [5.74, 6) is 1.32. The number of hydrogen-bond acceptors (Lipinski definition) is 5. The van der Waals surface area contributed by atoms with E-state index in [9.17, 15) is 18.3 Å². The summed E-state index contributed by atoms with van der Waals surface area (Å²) in [7, 11) is -4.04. The Kier molecular flexibility index (Phi) is 7.05. The van der Waals surface area contributed by atoms with Crippen LogP contribution in [0.15, 0.2) is 51.8 Å². The van der Waals surface area contributed by atoms with Crippen LogP contribution >= 0.6 is 12.2 Å². The number of nitrogens with one attached hydrogen (secondary N) is 3. The van der Waals surface area contributed by atoms with Gasteiger partial charge in [0.25, 0.3) is 0 Å². The minimum absolute atomic E-state index is 0.00979. The third-order valence-electron chi connectivity index (χ3n) is 8.88. The zero-order valence-electron chi connectivity index (χ0n) is 21.8. The molecule has 4 fully saturated rings. The molecule has 4 bridgehead atoms. The van der Waals surface area contributed by atoms with Crippen LogP contribution in [-0.4, -0.2) is 42.7 Å². The monoisotopic (exact) mass is 569 g/mol. The number of para-hydroxylation sites is 1. The summed E-state index contributed by atoms with van der Waals surface area (Å²) in [5.41, 5.74) is 1.39. The molecule has 2 aromatic carbocycles. The van der Waals surface area contributed by atoms with Crippen LogP contribution in [0.5, 0.6) is 0 Å². The van der Waals surface area contributed by atoms with Crippen LogP contribution in [0, 0.1) is 17.8 Å². The lowest BCUT2D eigenvalue weighted by atomic mass is 9.53. The van der Waals surface area contributed by atoms with E-state index in [1.54, 1.807) is 6.07 Å². The molecule has 4 aliphatic rings. The van der Waals surface area contributed by atoms with Gasteiger partial charge in [-0.2, -0.15) is 4.72 Å². The van der Waals surface area contributed by atoms with Gasteiger partial charge in [0, 0.05) is 22.9 Å². The molecular formula is C29H35N3O5S2. The molecule has 4 N–H and O–H groups in total. The summed E-state index contributed by atoms with van der Waals surface area (Å²) < 4.78 is 34.3. The number of furan rings is 1. The molecule has 4 aliphatic carbocycles. The van der Waals surface area contributed by atoms with Crippen molar-refractivity contribution in [3.05, 3.63) is 42.5 Å². The van der Waals surface area contributed by atoms with Crippen LogP contribution in [0.25, 0.3) is 21.9 Å². The molecule has 0 radical (unpaired) electrons. The van der Waals surface area contributed by atoms with Gasteiger partial charge in [0.15, 0.2) is 5.11 Å². The predicted octanol–water partition coefficient (Wildman–Crippen LogP) is 4.92. The summed E-state index contributed by atoms with van der Waals surface area (Å²) in [5, 5.41) is 18.8. The Morgan fingerprint density at radius 2 is 1.67 bits per heavy atom. The maximum absolute atomic E-state index is 13.1. The summed E-state index contributed by atoms with van der Waals surface area (Å²) >= 11 is 5.60. The molecule has 1 heterocycles. The Labute approximate surface area is 234 Å². The van der Waals surface area contributed by atoms with E-state index in [1.807, 2.05) is 24.3 Å². The van der Waals surface area contributed by atoms with E-state index in [1.165, 1.54) is 50.7 Å². The first-order valence-corrected chi connectivity index (χ1v) is 15.8. The number of sulfonamides is 1. The molecule has 0 saturated heterocycles. The lowest BCUT2D eigenvalue weighted by Crippen LogP contribution is -2.61. The number of thiocarbonyl (C=S) groups is 1. The molecule has 7 rings (SSSR count). The number of carboxylic acids is 1. The van der Waals surface area contributed by atoms with Gasteiger partial charge in [-0.3, -0.25) is 4.79 Å². The van der Waals surface area contributed by atoms with Crippen molar-refractivity contribution in [2.45, 2.75) is 74.3 Å². The number of fused-ring (bicyclic) bond motifs is 3. The molecule has 8 nitrogen and oxygen atoms in total. The molecule has 1 unspecified atom stereocenters. The van der Waals surface area contributed by atoms with Crippen molar-refractivity contribution < 1.29 is 22.7 Å². The fourth-order valence-electron chi connectivity index (χ4n) is 7.58. The van der Waals surface area contributed by atoms with Gasteiger partial charge in [-0.1, -0.05) is 18.2 Å². The second kappa shape index (κ2) is 10.4. The minimum Gasteiger partial charge on any atom is -0.480 e. The van der Waals surface area contributed by atoms with Crippen LogP contribution in [-0.2, 0) is 14.8 Å². The van der Waals surface area contributed by atoms with Crippen molar-refractivity contribution >= 4 is 55.3 Å². The first-order chi connectivity index (χ1) is 18.7. The van der Waals surface area contributed by atoms with Crippen LogP contribution in [0.1, 0.15) is 57.8 Å². The average Bonchev–Trinajstić information content (AvgIpc) is 3.24. The van der Waals surface area contributed by atoms with Crippen LogP contribution in [0.4, 0.5) is 0 Å².